The molecular formula is C13H21F2N3O. The predicted molar refractivity (Wildman–Crippen MR) is 72.3 cm³/mol. The largest absolute Gasteiger partial charge is 0.391 e. The lowest BCUT2D eigenvalue weighted by molar-refractivity contribution is 0.132. The molecule has 19 heavy (non-hydrogen) atoms. The van der Waals surface area contributed by atoms with E-state index in [1.165, 1.54) is 0 Å². The number of pyridine rings is 1. The van der Waals surface area contributed by atoms with E-state index in [0.29, 0.717) is 6.54 Å². The van der Waals surface area contributed by atoms with Crippen LogP contribution in [0.4, 0.5) is 20.4 Å². The minimum absolute atomic E-state index is 0.00661. The third kappa shape index (κ3) is 4.02. The Kier molecular flexibility index (Phi) is 5.05. The van der Waals surface area contributed by atoms with Crippen molar-refractivity contribution in [1.82, 2.24) is 4.98 Å². The smallest absolute Gasteiger partial charge is 0.168 e. The Morgan fingerprint density at radius 2 is 1.89 bits per heavy atom. The zero-order valence-corrected chi connectivity index (χ0v) is 11.7. The molecule has 0 saturated carbocycles. The molecular weight excluding hydrogens is 252 g/mol. The highest BCUT2D eigenvalue weighted by Crippen LogP contribution is 2.23. The molecule has 0 fully saturated rings. The average Bonchev–Trinajstić information content (AvgIpc) is 2.30. The average molecular weight is 273 g/mol. The molecule has 0 saturated heterocycles. The van der Waals surface area contributed by atoms with Gasteiger partial charge in [-0.3, -0.25) is 0 Å². The van der Waals surface area contributed by atoms with Gasteiger partial charge < -0.3 is 15.7 Å². The fourth-order valence-electron chi connectivity index (χ4n) is 1.33. The summed E-state index contributed by atoms with van der Waals surface area (Å²) < 4.78 is 27.2. The summed E-state index contributed by atoms with van der Waals surface area (Å²) in [4.78, 5) is 3.89. The highest BCUT2D eigenvalue weighted by Gasteiger charge is 2.26. The molecule has 6 heteroatoms. The molecule has 0 radical (unpaired) electrons. The van der Waals surface area contributed by atoms with Crippen LogP contribution >= 0.6 is 0 Å². The number of halogens is 2. The van der Waals surface area contributed by atoms with Crippen molar-refractivity contribution in [3.63, 3.8) is 0 Å². The monoisotopic (exact) mass is 273 g/mol. The summed E-state index contributed by atoms with van der Waals surface area (Å²) in [5.74, 6) is -1.59. The van der Waals surface area contributed by atoms with Crippen molar-refractivity contribution < 1.29 is 13.9 Å². The van der Waals surface area contributed by atoms with Gasteiger partial charge in [0.1, 0.15) is 0 Å². The standard InChI is InChI=1S/C13H21F2N3O/c1-5-6-16-11-9(14)7-10(15)12(17-11)18-13(3,4)8(2)19/h7-8,19H,5-6H2,1-4H3,(H2,16,17,18). The van der Waals surface area contributed by atoms with Gasteiger partial charge in [0, 0.05) is 12.6 Å². The molecule has 1 heterocycles. The van der Waals surface area contributed by atoms with Gasteiger partial charge in [0.2, 0.25) is 0 Å². The zero-order chi connectivity index (χ0) is 14.6. The number of hydrogen-bond acceptors (Lipinski definition) is 4. The Morgan fingerprint density at radius 3 is 2.42 bits per heavy atom. The molecule has 0 aliphatic rings. The summed E-state index contributed by atoms with van der Waals surface area (Å²) in [6.07, 6.45) is 0.0891. The lowest BCUT2D eigenvalue weighted by atomic mass is 9.99. The first-order valence-corrected chi connectivity index (χ1v) is 6.34. The predicted octanol–water partition coefficient (Wildman–Crippen LogP) is 2.75. The Morgan fingerprint density at radius 1 is 1.32 bits per heavy atom. The van der Waals surface area contributed by atoms with Gasteiger partial charge in [0.25, 0.3) is 0 Å². The summed E-state index contributed by atoms with van der Waals surface area (Å²) in [6, 6.07) is 0.783. The molecule has 1 rings (SSSR count). The minimum atomic E-state index is -0.784. The lowest BCUT2D eigenvalue weighted by Crippen LogP contribution is -2.42. The van der Waals surface area contributed by atoms with E-state index >= 15 is 0 Å². The van der Waals surface area contributed by atoms with Crippen LogP contribution in [0.3, 0.4) is 0 Å². The fourth-order valence-corrected chi connectivity index (χ4v) is 1.33. The van der Waals surface area contributed by atoms with Gasteiger partial charge in [-0.25, -0.2) is 13.8 Å². The molecule has 0 spiro atoms. The molecule has 1 unspecified atom stereocenters. The van der Waals surface area contributed by atoms with Crippen LogP contribution in [-0.2, 0) is 0 Å². The van der Waals surface area contributed by atoms with E-state index in [4.69, 9.17) is 0 Å². The van der Waals surface area contributed by atoms with Crippen molar-refractivity contribution in [1.29, 1.82) is 0 Å². The van der Waals surface area contributed by atoms with E-state index in [9.17, 15) is 13.9 Å². The van der Waals surface area contributed by atoms with Crippen LogP contribution in [0.5, 0.6) is 0 Å². The topological polar surface area (TPSA) is 57.2 Å². The van der Waals surface area contributed by atoms with Crippen molar-refractivity contribution in [2.75, 3.05) is 17.2 Å². The maximum atomic E-state index is 13.7. The van der Waals surface area contributed by atoms with E-state index in [-0.39, 0.29) is 11.6 Å². The van der Waals surface area contributed by atoms with Crippen LogP contribution in [0.15, 0.2) is 6.07 Å². The van der Waals surface area contributed by atoms with Gasteiger partial charge in [0.05, 0.1) is 11.6 Å². The summed E-state index contributed by atoms with van der Waals surface area (Å²) in [5, 5.41) is 15.2. The third-order valence-electron chi connectivity index (χ3n) is 2.96. The van der Waals surface area contributed by atoms with Gasteiger partial charge in [-0.2, -0.15) is 0 Å². The first-order chi connectivity index (χ1) is 8.77. The summed E-state index contributed by atoms with van der Waals surface area (Å²) in [5.41, 5.74) is -0.770. The highest BCUT2D eigenvalue weighted by atomic mass is 19.1. The third-order valence-corrected chi connectivity index (χ3v) is 2.96. The number of aliphatic hydroxyl groups is 1. The SMILES string of the molecule is CCCNc1nc(NC(C)(C)C(C)O)c(F)cc1F. The van der Waals surface area contributed by atoms with E-state index < -0.39 is 23.3 Å². The quantitative estimate of drug-likeness (QED) is 0.746. The Bertz CT molecular complexity index is 436. The molecule has 0 bridgehead atoms. The van der Waals surface area contributed by atoms with Gasteiger partial charge in [0.15, 0.2) is 23.3 Å². The lowest BCUT2D eigenvalue weighted by Gasteiger charge is -2.30. The summed E-state index contributed by atoms with van der Waals surface area (Å²) >= 11 is 0. The van der Waals surface area contributed by atoms with Gasteiger partial charge in [-0.05, 0) is 27.2 Å². The van der Waals surface area contributed by atoms with Crippen molar-refractivity contribution in [2.45, 2.75) is 45.8 Å². The maximum absolute atomic E-state index is 13.7. The highest BCUT2D eigenvalue weighted by molar-refractivity contribution is 5.48. The Labute approximate surface area is 112 Å². The number of rotatable bonds is 6. The van der Waals surface area contributed by atoms with Crippen LogP contribution in [0.25, 0.3) is 0 Å². The number of nitrogens with one attached hydrogen (secondary N) is 2. The van der Waals surface area contributed by atoms with Gasteiger partial charge in [-0.15, -0.1) is 0 Å². The van der Waals surface area contributed by atoms with E-state index in [2.05, 4.69) is 15.6 Å². The molecule has 0 aromatic carbocycles. The number of anilines is 2. The zero-order valence-electron chi connectivity index (χ0n) is 11.7. The molecule has 108 valence electrons. The minimum Gasteiger partial charge on any atom is -0.391 e. The molecule has 1 atom stereocenters. The van der Waals surface area contributed by atoms with Crippen LogP contribution in [0.1, 0.15) is 34.1 Å². The molecule has 0 aliphatic carbocycles. The van der Waals surface area contributed by atoms with E-state index in [1.807, 2.05) is 6.92 Å². The first kappa shape index (κ1) is 15.6. The van der Waals surface area contributed by atoms with E-state index in [0.717, 1.165) is 12.5 Å². The van der Waals surface area contributed by atoms with Gasteiger partial charge in [-0.1, -0.05) is 6.92 Å². The number of aromatic nitrogens is 1. The second-order valence-corrected chi connectivity index (χ2v) is 5.10. The Hall–Kier alpha value is -1.43. The van der Waals surface area contributed by atoms with Gasteiger partial charge >= 0.3 is 0 Å². The fraction of sp³-hybridized carbons (Fsp3) is 0.615. The number of nitrogens with zero attached hydrogens (tertiary/aromatic N) is 1. The molecule has 0 amide bonds. The van der Waals surface area contributed by atoms with Crippen molar-refractivity contribution in [3.05, 3.63) is 17.7 Å². The Balaban J connectivity index is 3.00. The molecule has 3 N–H and O–H groups in total. The van der Waals surface area contributed by atoms with Crippen LogP contribution in [0.2, 0.25) is 0 Å². The molecule has 1 aromatic heterocycles. The normalized spacial score (nSPS) is 13.2. The van der Waals surface area contributed by atoms with Crippen molar-refractivity contribution in [3.8, 4) is 0 Å². The number of aliphatic hydroxyl groups excluding tert-OH is 1. The second-order valence-electron chi connectivity index (χ2n) is 5.10. The molecule has 0 aliphatic heterocycles. The van der Waals surface area contributed by atoms with Crippen LogP contribution < -0.4 is 10.6 Å². The summed E-state index contributed by atoms with van der Waals surface area (Å²) in [6.45, 7) is 7.49. The van der Waals surface area contributed by atoms with Crippen LogP contribution in [-0.4, -0.2) is 28.3 Å². The molecule has 4 nitrogen and oxygen atoms in total. The second kappa shape index (κ2) is 6.14. The molecule has 1 aromatic rings. The van der Waals surface area contributed by atoms with Crippen LogP contribution in [0, 0.1) is 11.6 Å². The summed E-state index contributed by atoms with van der Waals surface area (Å²) in [7, 11) is 0. The first-order valence-electron chi connectivity index (χ1n) is 6.34. The number of hydrogen-bond donors (Lipinski definition) is 3. The van der Waals surface area contributed by atoms with Crippen molar-refractivity contribution >= 4 is 11.6 Å². The van der Waals surface area contributed by atoms with Crippen molar-refractivity contribution in [2.24, 2.45) is 0 Å². The van der Waals surface area contributed by atoms with E-state index in [1.54, 1.807) is 20.8 Å². The maximum Gasteiger partial charge on any atom is 0.168 e.